The Morgan fingerprint density at radius 1 is 1.25 bits per heavy atom. The van der Waals surface area contributed by atoms with Crippen LogP contribution in [0.1, 0.15) is 33.1 Å². The number of halogens is 1. The number of rotatable bonds is 5. The van der Waals surface area contributed by atoms with Crippen LogP contribution in [-0.4, -0.2) is 28.5 Å². The first kappa shape index (κ1) is 14.9. The molecule has 0 aliphatic heterocycles. The van der Waals surface area contributed by atoms with Crippen LogP contribution < -0.4 is 0 Å². The first-order valence-electron chi connectivity index (χ1n) is 5.66. The van der Waals surface area contributed by atoms with Gasteiger partial charge in [0.2, 0.25) is 0 Å². The molecule has 1 aliphatic rings. The van der Waals surface area contributed by atoms with Crippen molar-refractivity contribution >= 4 is 18.1 Å². The summed E-state index contributed by atoms with van der Waals surface area (Å²) in [6.07, 6.45) is 9.09. The summed E-state index contributed by atoms with van der Waals surface area (Å²) in [7, 11) is 0. The van der Waals surface area contributed by atoms with Crippen LogP contribution in [0.5, 0.6) is 0 Å². The van der Waals surface area contributed by atoms with Crippen molar-refractivity contribution < 1.29 is 4.79 Å². The van der Waals surface area contributed by atoms with E-state index in [1.807, 2.05) is 12.2 Å². The van der Waals surface area contributed by atoms with Gasteiger partial charge in [-0.3, -0.25) is 0 Å². The summed E-state index contributed by atoms with van der Waals surface area (Å²) < 4.78 is 0. The summed E-state index contributed by atoms with van der Waals surface area (Å²) in [6.45, 7) is 6.57. The third-order valence-electron chi connectivity index (χ3n) is 2.45. The molecule has 0 unspecified atom stereocenters. The first-order valence-corrected chi connectivity index (χ1v) is 5.66. The maximum absolute atomic E-state index is 8.62. The molecule has 0 fully saturated rings. The van der Waals surface area contributed by atoms with Crippen LogP contribution in [0.25, 0.3) is 5.53 Å². The van der Waals surface area contributed by atoms with E-state index in [1.165, 1.54) is 5.70 Å². The van der Waals surface area contributed by atoms with Crippen LogP contribution in [0, 0.1) is 0 Å². The molecule has 0 aromatic carbocycles. The molecule has 0 N–H and O–H groups in total. The van der Waals surface area contributed by atoms with E-state index in [0.29, 0.717) is 0 Å². The van der Waals surface area contributed by atoms with E-state index in [2.05, 4.69) is 29.6 Å². The van der Waals surface area contributed by atoms with Crippen molar-refractivity contribution in [3.63, 3.8) is 0 Å². The van der Waals surface area contributed by atoms with E-state index >= 15 is 0 Å². The summed E-state index contributed by atoms with van der Waals surface area (Å²) in [5, 5.41) is 0. The highest BCUT2D eigenvalue weighted by molar-refractivity contribution is 5.92. The average Bonchev–Trinajstić information content (AvgIpc) is 2.29. The number of hydrogen-bond acceptors (Lipinski definition) is 1. The largest absolute Gasteiger partial charge is 0.372 e. The first-order chi connectivity index (χ1) is 7.31. The molecule has 0 aromatic rings. The van der Waals surface area contributed by atoms with Gasteiger partial charge in [-0.2, -0.15) is 4.79 Å². The van der Waals surface area contributed by atoms with Gasteiger partial charge in [0.25, 0.3) is 5.71 Å². The highest BCUT2D eigenvalue weighted by Crippen LogP contribution is 2.13. The van der Waals surface area contributed by atoms with Crippen molar-refractivity contribution in [2.24, 2.45) is 0 Å². The Hall–Kier alpha value is -1.05. The van der Waals surface area contributed by atoms with Gasteiger partial charge in [-0.15, -0.1) is 12.4 Å². The molecule has 90 valence electrons. The Morgan fingerprint density at radius 2 is 1.88 bits per heavy atom. The minimum atomic E-state index is 0. The molecular formula is C12H20ClN3. The summed E-state index contributed by atoms with van der Waals surface area (Å²) in [5.74, 6) is 0. The Labute approximate surface area is 104 Å². The molecule has 0 heterocycles. The Balaban J connectivity index is 0.00000225. The lowest BCUT2D eigenvalue weighted by molar-refractivity contribution is -0.00547. The monoisotopic (exact) mass is 241 g/mol. The van der Waals surface area contributed by atoms with Crippen molar-refractivity contribution in [2.75, 3.05) is 13.1 Å². The molecule has 0 radical (unpaired) electrons. The molecule has 1 aliphatic carbocycles. The molecule has 0 saturated carbocycles. The van der Waals surface area contributed by atoms with Crippen LogP contribution in [0.3, 0.4) is 0 Å². The zero-order valence-electron chi connectivity index (χ0n) is 10.0. The maximum Gasteiger partial charge on any atom is 0.295 e. The van der Waals surface area contributed by atoms with E-state index in [0.717, 1.165) is 38.1 Å². The van der Waals surface area contributed by atoms with Gasteiger partial charge >= 0.3 is 0 Å². The normalized spacial score (nSPS) is 13.9. The molecule has 3 nitrogen and oxygen atoms in total. The lowest BCUT2D eigenvalue weighted by Gasteiger charge is -2.25. The molecule has 0 spiro atoms. The van der Waals surface area contributed by atoms with Crippen molar-refractivity contribution in [3.05, 3.63) is 29.5 Å². The van der Waals surface area contributed by atoms with Gasteiger partial charge in [-0.1, -0.05) is 13.8 Å². The van der Waals surface area contributed by atoms with Crippen molar-refractivity contribution in [1.82, 2.24) is 4.90 Å². The predicted octanol–water partition coefficient (Wildman–Crippen LogP) is 3.04. The van der Waals surface area contributed by atoms with Crippen molar-refractivity contribution in [2.45, 2.75) is 33.1 Å². The Bertz CT molecular complexity index is 308. The van der Waals surface area contributed by atoms with Crippen LogP contribution in [-0.2, 0) is 0 Å². The van der Waals surface area contributed by atoms with Gasteiger partial charge in [0.15, 0.2) is 0 Å². The van der Waals surface area contributed by atoms with E-state index in [4.69, 9.17) is 5.53 Å². The van der Waals surface area contributed by atoms with E-state index in [9.17, 15) is 0 Å². The highest BCUT2D eigenvalue weighted by Gasteiger charge is 2.12. The molecule has 0 bridgehead atoms. The topological polar surface area (TPSA) is 39.6 Å². The highest BCUT2D eigenvalue weighted by atomic mass is 35.5. The Morgan fingerprint density at radius 3 is 2.25 bits per heavy atom. The van der Waals surface area contributed by atoms with Crippen molar-refractivity contribution in [1.29, 1.82) is 0 Å². The fourth-order valence-electron chi connectivity index (χ4n) is 1.75. The minimum Gasteiger partial charge on any atom is -0.372 e. The second-order valence-electron chi connectivity index (χ2n) is 3.74. The maximum atomic E-state index is 8.62. The molecule has 0 saturated heterocycles. The standard InChI is InChI=1S/C12H19N3.ClH/c1-3-9-15(10-4-2)12-7-5-11(14-13)6-8-12;/h5,7-8H,3-4,6,9-10H2,1-2H3;1H. The quantitative estimate of drug-likeness (QED) is 0.539. The predicted molar refractivity (Wildman–Crippen MR) is 69.9 cm³/mol. The van der Waals surface area contributed by atoms with Crippen LogP contribution in [0.4, 0.5) is 0 Å². The van der Waals surface area contributed by atoms with Crippen molar-refractivity contribution in [3.8, 4) is 0 Å². The second-order valence-corrected chi connectivity index (χ2v) is 3.74. The molecule has 0 amide bonds. The fourth-order valence-corrected chi connectivity index (χ4v) is 1.75. The fraction of sp³-hybridized carbons (Fsp3) is 0.583. The molecule has 4 heteroatoms. The van der Waals surface area contributed by atoms with Gasteiger partial charge in [-0.05, 0) is 25.0 Å². The second kappa shape index (κ2) is 8.14. The molecule has 0 atom stereocenters. The number of hydrogen-bond donors (Lipinski definition) is 0. The third-order valence-corrected chi connectivity index (χ3v) is 2.45. The third kappa shape index (κ3) is 4.21. The van der Waals surface area contributed by atoms with Gasteiger partial charge in [-0.25, -0.2) is 0 Å². The zero-order valence-corrected chi connectivity index (χ0v) is 10.8. The van der Waals surface area contributed by atoms with Crippen LogP contribution in [0.2, 0.25) is 0 Å². The smallest absolute Gasteiger partial charge is 0.295 e. The van der Waals surface area contributed by atoms with Gasteiger partial charge < -0.3 is 10.4 Å². The van der Waals surface area contributed by atoms with E-state index in [1.54, 1.807) is 0 Å². The number of allylic oxidation sites excluding steroid dienone is 3. The van der Waals surface area contributed by atoms with E-state index < -0.39 is 0 Å². The Kier molecular flexibility index (Phi) is 7.61. The molecular weight excluding hydrogens is 222 g/mol. The summed E-state index contributed by atoms with van der Waals surface area (Å²) >= 11 is 0. The minimum absolute atomic E-state index is 0. The van der Waals surface area contributed by atoms with Gasteiger partial charge in [0.1, 0.15) is 0 Å². The van der Waals surface area contributed by atoms with Gasteiger partial charge in [0, 0.05) is 24.9 Å². The summed E-state index contributed by atoms with van der Waals surface area (Å²) in [6, 6.07) is 0. The molecule has 16 heavy (non-hydrogen) atoms. The number of nitrogens with zero attached hydrogens (tertiary/aromatic N) is 3. The van der Waals surface area contributed by atoms with Crippen LogP contribution in [0.15, 0.2) is 23.9 Å². The lowest BCUT2D eigenvalue weighted by Crippen LogP contribution is -2.25. The van der Waals surface area contributed by atoms with E-state index in [-0.39, 0.29) is 12.4 Å². The van der Waals surface area contributed by atoms with Gasteiger partial charge in [0.05, 0.1) is 6.42 Å². The molecule has 0 aromatic heterocycles. The zero-order chi connectivity index (χ0) is 11.1. The molecule has 1 rings (SSSR count). The SMILES string of the molecule is CCCN(CCC)C1=CCC(=[N+]=[N-])C=C1.Cl. The lowest BCUT2D eigenvalue weighted by atomic mass is 10.1. The summed E-state index contributed by atoms with van der Waals surface area (Å²) in [4.78, 5) is 5.58. The summed E-state index contributed by atoms with van der Waals surface area (Å²) in [5.41, 5.74) is 10.6. The average molecular weight is 242 g/mol. The van der Waals surface area contributed by atoms with Crippen LogP contribution >= 0.6 is 12.4 Å².